The van der Waals surface area contributed by atoms with Gasteiger partial charge in [-0.3, -0.25) is 4.79 Å². The first kappa shape index (κ1) is 14.2. The van der Waals surface area contributed by atoms with Gasteiger partial charge in [0, 0.05) is 6.42 Å². The summed E-state index contributed by atoms with van der Waals surface area (Å²) in [6.07, 6.45) is 3.91. The summed E-state index contributed by atoms with van der Waals surface area (Å²) in [5.41, 5.74) is 2.99. The van der Waals surface area contributed by atoms with Crippen molar-refractivity contribution in [2.75, 3.05) is 5.75 Å². The van der Waals surface area contributed by atoms with Gasteiger partial charge in [-0.05, 0) is 12.3 Å². The van der Waals surface area contributed by atoms with Crippen LogP contribution in [0.4, 0.5) is 0 Å². The van der Waals surface area contributed by atoms with Crippen LogP contribution in [0.25, 0.3) is 0 Å². The van der Waals surface area contributed by atoms with E-state index in [-0.39, 0.29) is 18.0 Å². The van der Waals surface area contributed by atoms with E-state index in [1.807, 2.05) is 0 Å². The predicted molar refractivity (Wildman–Crippen MR) is 72.1 cm³/mol. The number of rotatable bonds is 3. The molecule has 0 spiro atoms. The van der Waals surface area contributed by atoms with E-state index in [4.69, 9.17) is 0 Å². The van der Waals surface area contributed by atoms with Gasteiger partial charge in [-0.2, -0.15) is 0 Å². The number of ketones is 1. The van der Waals surface area contributed by atoms with Gasteiger partial charge < -0.3 is 0 Å². The average molecular weight is 270 g/mol. The second-order valence-electron chi connectivity index (χ2n) is 5.26. The highest BCUT2D eigenvalue weighted by molar-refractivity contribution is 7.92. The third kappa shape index (κ3) is 4.88. The Balaban J connectivity index is 2.49. The van der Waals surface area contributed by atoms with Gasteiger partial charge in [0.25, 0.3) is 0 Å². The predicted octanol–water partition coefficient (Wildman–Crippen LogP) is 1.57. The highest BCUT2D eigenvalue weighted by Gasteiger charge is 2.26. The van der Waals surface area contributed by atoms with Crippen LogP contribution >= 0.6 is 0 Å². The van der Waals surface area contributed by atoms with Gasteiger partial charge in [0.2, 0.25) is 5.78 Å². The van der Waals surface area contributed by atoms with E-state index in [1.165, 1.54) is 0 Å². The number of sulfone groups is 1. The zero-order valence-electron chi connectivity index (χ0n) is 10.5. The van der Waals surface area contributed by atoms with Crippen LogP contribution < -0.4 is 0 Å². The fourth-order valence-electron chi connectivity index (χ4n) is 1.45. The molecule has 1 aliphatic rings. The minimum atomic E-state index is -3.03. The van der Waals surface area contributed by atoms with Crippen LogP contribution in [0, 0.1) is 11.5 Å². The molecule has 0 aromatic heterocycles. The van der Waals surface area contributed by atoms with Crippen molar-refractivity contribution in [3.63, 3.8) is 0 Å². The molecule has 1 rings (SSSR count). The lowest BCUT2D eigenvalue weighted by atomic mass is 10.2. The lowest BCUT2D eigenvalue weighted by Gasteiger charge is -2.06. The maximum absolute atomic E-state index is 11.5. The molecule has 0 aromatic rings. The van der Waals surface area contributed by atoms with Gasteiger partial charge in [0.1, 0.15) is 8.07 Å². The molecule has 0 aromatic carbocycles. The van der Waals surface area contributed by atoms with Gasteiger partial charge in [-0.25, -0.2) is 8.42 Å². The molecule has 1 atom stereocenters. The Morgan fingerprint density at radius 2 is 2.06 bits per heavy atom. The van der Waals surface area contributed by atoms with Crippen LogP contribution in [0.3, 0.4) is 0 Å². The number of Topliss-reactive ketones (excluding diaryl/α,β-unsaturated/α-hetero) is 1. The first-order valence-electron chi connectivity index (χ1n) is 5.65. The van der Waals surface area contributed by atoms with E-state index in [0.29, 0.717) is 6.42 Å². The monoisotopic (exact) mass is 270 g/mol. The minimum Gasteiger partial charge on any atom is -0.285 e. The van der Waals surface area contributed by atoms with E-state index >= 15 is 0 Å². The molecule has 3 nitrogen and oxygen atoms in total. The van der Waals surface area contributed by atoms with Crippen molar-refractivity contribution < 1.29 is 13.2 Å². The minimum absolute atomic E-state index is 0.104. The van der Waals surface area contributed by atoms with Crippen molar-refractivity contribution in [1.82, 2.24) is 0 Å². The van der Waals surface area contributed by atoms with E-state index in [9.17, 15) is 13.2 Å². The second-order valence-corrected chi connectivity index (χ2v) is 12.3. The summed E-state index contributed by atoms with van der Waals surface area (Å²) >= 11 is 0. The van der Waals surface area contributed by atoms with Crippen molar-refractivity contribution in [3.8, 4) is 11.5 Å². The molecule has 0 bridgehead atoms. The van der Waals surface area contributed by atoms with Crippen LogP contribution in [-0.4, -0.2) is 33.3 Å². The van der Waals surface area contributed by atoms with Crippen molar-refractivity contribution in [2.45, 2.75) is 37.7 Å². The smallest absolute Gasteiger partial charge is 0.204 e. The Morgan fingerprint density at radius 3 is 2.53 bits per heavy atom. The molecular formula is C12H18O3SSi. The fourth-order valence-corrected chi connectivity index (χ4v) is 3.42. The summed E-state index contributed by atoms with van der Waals surface area (Å²) in [6, 6.07) is 0. The van der Waals surface area contributed by atoms with Gasteiger partial charge >= 0.3 is 0 Å². The van der Waals surface area contributed by atoms with Crippen LogP contribution in [0.15, 0.2) is 12.2 Å². The van der Waals surface area contributed by atoms with E-state index < -0.39 is 23.2 Å². The van der Waals surface area contributed by atoms with Crippen LogP contribution in [0.1, 0.15) is 12.8 Å². The summed E-state index contributed by atoms with van der Waals surface area (Å²) in [4.78, 5) is 11.5. The van der Waals surface area contributed by atoms with Crippen molar-refractivity contribution in [1.29, 1.82) is 0 Å². The van der Waals surface area contributed by atoms with Crippen LogP contribution in [-0.2, 0) is 14.6 Å². The highest BCUT2D eigenvalue weighted by atomic mass is 32.2. The molecule has 0 saturated carbocycles. The fraction of sp³-hybridized carbons (Fsp3) is 0.583. The number of carbonyl (C=O) groups excluding carboxylic acids is 1. The summed E-state index contributed by atoms with van der Waals surface area (Å²) in [6.45, 7) is 6.20. The van der Waals surface area contributed by atoms with Gasteiger partial charge in [-0.1, -0.05) is 31.8 Å². The van der Waals surface area contributed by atoms with E-state index in [2.05, 4.69) is 31.1 Å². The molecule has 5 heteroatoms. The Hall–Kier alpha value is -0.863. The van der Waals surface area contributed by atoms with Gasteiger partial charge in [0.15, 0.2) is 9.84 Å². The maximum Gasteiger partial charge on any atom is 0.204 e. The molecule has 1 aliphatic heterocycles. The molecule has 0 aliphatic carbocycles. The molecule has 94 valence electrons. The van der Waals surface area contributed by atoms with Gasteiger partial charge in [0.05, 0.1) is 11.0 Å². The molecule has 0 fully saturated rings. The van der Waals surface area contributed by atoms with Crippen molar-refractivity contribution in [2.24, 2.45) is 0 Å². The zero-order valence-corrected chi connectivity index (χ0v) is 12.3. The standard InChI is InChI=1S/C12H18O3SSi/c1-17(2,3)10-8-11(13)6-7-12-5-4-9-16(12,14)15/h4-5,12H,6-7,9H2,1-3H3. The Labute approximate surface area is 104 Å². The van der Waals surface area contributed by atoms with E-state index in [0.717, 1.165) is 0 Å². The lowest BCUT2D eigenvalue weighted by molar-refractivity contribution is -0.113. The maximum atomic E-state index is 11.5. The Kier molecular flexibility index (Phi) is 4.34. The quantitative estimate of drug-likeness (QED) is 0.444. The first-order valence-corrected chi connectivity index (χ1v) is 10.9. The third-order valence-corrected chi connectivity index (χ3v) is 5.22. The molecule has 17 heavy (non-hydrogen) atoms. The number of hydrogen-bond acceptors (Lipinski definition) is 3. The third-order valence-electron chi connectivity index (χ3n) is 2.37. The molecular weight excluding hydrogens is 252 g/mol. The van der Waals surface area contributed by atoms with Crippen LogP contribution in [0.5, 0.6) is 0 Å². The largest absolute Gasteiger partial charge is 0.285 e. The molecule has 0 amide bonds. The highest BCUT2D eigenvalue weighted by Crippen LogP contribution is 2.17. The number of carbonyl (C=O) groups is 1. The lowest BCUT2D eigenvalue weighted by Crippen LogP contribution is -2.18. The average Bonchev–Trinajstić information content (AvgIpc) is 2.50. The summed E-state index contributed by atoms with van der Waals surface area (Å²) in [7, 11) is -4.55. The molecule has 0 radical (unpaired) electrons. The summed E-state index contributed by atoms with van der Waals surface area (Å²) < 4.78 is 23.0. The number of hydrogen-bond donors (Lipinski definition) is 0. The van der Waals surface area contributed by atoms with Gasteiger partial charge in [-0.15, -0.1) is 5.54 Å². The van der Waals surface area contributed by atoms with Crippen LogP contribution in [0.2, 0.25) is 19.6 Å². The first-order chi connectivity index (χ1) is 7.71. The topological polar surface area (TPSA) is 51.2 Å². The summed E-state index contributed by atoms with van der Waals surface area (Å²) in [5, 5.41) is -0.486. The molecule has 1 heterocycles. The molecule has 1 unspecified atom stereocenters. The SMILES string of the molecule is C[Si](C)(C)C#CC(=O)CCC1C=CCS1(=O)=O. The van der Waals surface area contributed by atoms with Crippen molar-refractivity contribution in [3.05, 3.63) is 12.2 Å². The summed E-state index contributed by atoms with van der Waals surface area (Å²) in [5.74, 6) is 2.58. The normalized spacial score (nSPS) is 21.9. The van der Waals surface area contributed by atoms with Crippen molar-refractivity contribution >= 4 is 23.7 Å². The Bertz CT molecular complexity index is 486. The molecule has 0 saturated heterocycles. The van der Waals surface area contributed by atoms with E-state index in [1.54, 1.807) is 12.2 Å². The second kappa shape index (κ2) is 5.19. The molecule has 0 N–H and O–H groups in total. The zero-order chi connectivity index (χ0) is 13.1. The Morgan fingerprint density at radius 1 is 1.41 bits per heavy atom.